The molecule has 0 saturated heterocycles. The van der Waals surface area contributed by atoms with Crippen LogP contribution >= 0.6 is 0 Å². The first kappa shape index (κ1) is 68.4. The Morgan fingerprint density at radius 3 is 0.860 bits per heavy atom. The molecule has 2 heterocycles. The standard InChI is InChI=1S/C44H45NO6.C42H41NO6/c1-28(46)12-6-4-10-24-50-33-18-22-35-30(26-33)16-20-37-39(35)40-36-23-19-34(51-25-11-5-7-13-29(2)47)27-31(36)17-21-38(40)42-41(37)43(48)45(44(42)49)32-14-8-3-9-15-32;44-22-8-1-3-10-24-48-31-16-20-33-28(26-31)14-18-35-37(33)38-34-21-17-32(49-25-11-4-2-9-23-45)27-29(34)15-19-36(38)40-39(35)41(46)43(42(40)47)30-12-6-5-7-13-30/h3,8-9,14-15,18-19,22-23,26-27H,4-7,10-13,16-17,20-21,24-25H2,1-2H3;5-7,12-13,16-17,20-23,26-27H,1-4,8-11,14-15,18-19,24-25H2. The Labute approximate surface area is 585 Å². The van der Waals surface area contributed by atoms with E-state index in [1.54, 1.807) is 13.8 Å². The second kappa shape index (κ2) is 31.4. The van der Waals surface area contributed by atoms with Gasteiger partial charge in [-0.2, -0.15) is 0 Å². The van der Waals surface area contributed by atoms with E-state index in [4.69, 9.17) is 18.9 Å². The van der Waals surface area contributed by atoms with Crippen LogP contribution in [0.3, 0.4) is 0 Å². The van der Waals surface area contributed by atoms with Gasteiger partial charge in [0, 0.05) is 25.7 Å². The number of unbranched alkanes of at least 4 members (excludes halogenated alkanes) is 10. The molecule has 14 rings (SSSR count). The van der Waals surface area contributed by atoms with Crippen molar-refractivity contribution in [3.63, 3.8) is 0 Å². The Morgan fingerprint density at radius 1 is 0.330 bits per heavy atom. The molecular formula is C86H86N2O12. The maximum absolute atomic E-state index is 14.3. The molecule has 0 radical (unpaired) electrons. The lowest BCUT2D eigenvalue weighted by Crippen LogP contribution is -2.29. The highest BCUT2D eigenvalue weighted by Gasteiger charge is 2.47. The number of para-hydroxylation sites is 2. The largest absolute Gasteiger partial charge is 0.494 e. The zero-order valence-corrected chi connectivity index (χ0v) is 57.4. The number of hydrogen-bond acceptors (Lipinski definition) is 12. The van der Waals surface area contributed by atoms with Gasteiger partial charge in [0.2, 0.25) is 0 Å². The fourth-order valence-electron chi connectivity index (χ4n) is 15.7. The van der Waals surface area contributed by atoms with Crippen LogP contribution in [0.1, 0.15) is 203 Å². The molecule has 14 nitrogen and oxygen atoms in total. The van der Waals surface area contributed by atoms with Gasteiger partial charge in [-0.25, -0.2) is 9.80 Å². The first-order chi connectivity index (χ1) is 48.9. The average molecular weight is 1340 g/mol. The molecule has 100 heavy (non-hydrogen) atoms. The fraction of sp³-hybridized carbons (Fsp3) is 0.349. The summed E-state index contributed by atoms with van der Waals surface area (Å²) in [6, 6.07) is 43.5. The van der Waals surface area contributed by atoms with Gasteiger partial charge in [-0.15, -0.1) is 0 Å². The lowest BCUT2D eigenvalue weighted by molar-refractivity contribution is -0.118. The third-order valence-electron chi connectivity index (χ3n) is 20.4. The number of benzene rings is 8. The summed E-state index contributed by atoms with van der Waals surface area (Å²) in [6.07, 6.45) is 20.8. The SMILES string of the molecule is CC(=O)CCCCCOc1ccc2c(c1)CCc1c3c(c4c(c1-2)-c1ccc(OCCCCCC(C)=O)cc1CC4)C(=O)N(c1ccccc1)C3=O.O=CCCCCCOc1ccc2c(c1)CCc1c3c(c4c(c1-2)-c1ccc(OCCCCCC=O)cc1CC4)C(=O)N(c1ccccc1)C3=O. The molecule has 8 aromatic carbocycles. The first-order valence-corrected chi connectivity index (χ1v) is 36.1. The number of rotatable bonds is 30. The molecule has 512 valence electrons. The van der Waals surface area contributed by atoms with Crippen LogP contribution in [0, 0.1) is 0 Å². The third kappa shape index (κ3) is 14.2. The van der Waals surface area contributed by atoms with Crippen molar-refractivity contribution < 1.29 is 57.3 Å². The number of amides is 4. The van der Waals surface area contributed by atoms with Gasteiger partial charge in [0.25, 0.3) is 23.6 Å². The molecule has 0 atom stereocenters. The molecule has 0 bridgehead atoms. The minimum Gasteiger partial charge on any atom is -0.494 e. The van der Waals surface area contributed by atoms with Gasteiger partial charge < -0.3 is 38.1 Å². The van der Waals surface area contributed by atoms with Gasteiger partial charge in [-0.3, -0.25) is 19.2 Å². The number of Topliss-reactive ketones (excluding diaryl/α,β-unsaturated/α-hetero) is 2. The molecule has 14 heteroatoms. The van der Waals surface area contributed by atoms with Crippen LogP contribution in [0.2, 0.25) is 0 Å². The molecule has 0 fully saturated rings. The summed E-state index contributed by atoms with van der Waals surface area (Å²) in [5.74, 6) is 2.76. The topological polar surface area (TPSA) is 180 Å². The lowest BCUT2D eigenvalue weighted by atomic mass is 9.72. The minimum atomic E-state index is -0.245. The summed E-state index contributed by atoms with van der Waals surface area (Å²) in [6.45, 7) is 5.65. The number of ketones is 2. The maximum atomic E-state index is 14.3. The van der Waals surface area contributed by atoms with E-state index < -0.39 is 0 Å². The number of fused-ring (bicyclic) bond motifs is 20. The zero-order chi connectivity index (χ0) is 69.2. The monoisotopic (exact) mass is 1340 g/mol. The average Bonchev–Trinajstić information content (AvgIpc) is 1.45. The van der Waals surface area contributed by atoms with Gasteiger partial charge in [-0.1, -0.05) is 60.7 Å². The van der Waals surface area contributed by atoms with Crippen molar-refractivity contribution >= 4 is 59.1 Å². The predicted octanol–water partition coefficient (Wildman–Crippen LogP) is 17.4. The van der Waals surface area contributed by atoms with Gasteiger partial charge in [-0.05, 0) is 304 Å². The Kier molecular flexibility index (Phi) is 21.5. The van der Waals surface area contributed by atoms with Gasteiger partial charge in [0.15, 0.2) is 0 Å². The van der Waals surface area contributed by atoms with Gasteiger partial charge in [0.1, 0.15) is 47.1 Å². The summed E-state index contributed by atoms with van der Waals surface area (Å²) < 4.78 is 24.6. The molecule has 0 unspecified atom stereocenters. The second-order valence-electron chi connectivity index (χ2n) is 27.2. The van der Waals surface area contributed by atoms with Crippen LogP contribution in [0.25, 0.3) is 44.5 Å². The number of carbonyl (C=O) groups is 8. The van der Waals surface area contributed by atoms with E-state index in [0.29, 0.717) is 111 Å². The van der Waals surface area contributed by atoms with E-state index >= 15 is 0 Å². The van der Waals surface area contributed by atoms with Crippen molar-refractivity contribution in [1.82, 2.24) is 0 Å². The number of anilines is 2. The molecule has 8 aromatic rings. The highest BCUT2D eigenvalue weighted by molar-refractivity contribution is 6.37. The number of ether oxygens (including phenoxy) is 4. The quantitative estimate of drug-likeness (QED) is 0.0236. The lowest BCUT2D eigenvalue weighted by Gasteiger charge is -2.31. The Bertz CT molecular complexity index is 4250. The van der Waals surface area contributed by atoms with Crippen LogP contribution < -0.4 is 28.7 Å². The van der Waals surface area contributed by atoms with Crippen molar-refractivity contribution in [3.8, 4) is 67.5 Å². The summed E-state index contributed by atoms with van der Waals surface area (Å²) in [4.78, 5) is 104. The van der Waals surface area contributed by atoms with E-state index in [1.165, 1.54) is 32.1 Å². The normalized spacial score (nSPS) is 14.0. The number of nitrogens with zero attached hydrogens (tertiary/aromatic N) is 2. The maximum Gasteiger partial charge on any atom is 0.266 e. The van der Waals surface area contributed by atoms with E-state index in [0.717, 1.165) is 205 Å². The molecule has 4 amide bonds. The fourth-order valence-corrected chi connectivity index (χ4v) is 15.7. The van der Waals surface area contributed by atoms with Crippen LogP contribution in [-0.4, -0.2) is 74.2 Å². The van der Waals surface area contributed by atoms with Crippen LogP contribution in [0.5, 0.6) is 23.0 Å². The number of carbonyl (C=O) groups excluding carboxylic acids is 8. The highest BCUT2D eigenvalue weighted by atomic mass is 16.5. The molecule has 6 aliphatic rings. The number of aldehydes is 2. The summed E-state index contributed by atoms with van der Waals surface area (Å²) in [7, 11) is 0. The molecule has 2 aliphatic heterocycles. The van der Waals surface area contributed by atoms with E-state index in [9.17, 15) is 38.4 Å². The molecular weight excluding hydrogens is 1250 g/mol. The Hall–Kier alpha value is -10.1. The van der Waals surface area contributed by atoms with E-state index in [2.05, 4.69) is 48.5 Å². The van der Waals surface area contributed by atoms with Gasteiger partial charge in [0.05, 0.1) is 60.1 Å². The van der Waals surface area contributed by atoms with Crippen molar-refractivity contribution in [2.45, 2.75) is 168 Å². The van der Waals surface area contributed by atoms with Gasteiger partial charge >= 0.3 is 0 Å². The minimum absolute atomic E-state index is 0.225. The van der Waals surface area contributed by atoms with E-state index in [1.807, 2.05) is 84.9 Å². The molecule has 0 saturated carbocycles. The number of hydrogen-bond donors (Lipinski definition) is 0. The van der Waals surface area contributed by atoms with Crippen molar-refractivity contribution in [1.29, 1.82) is 0 Å². The third-order valence-corrected chi connectivity index (χ3v) is 20.4. The Morgan fingerprint density at radius 2 is 0.600 bits per heavy atom. The highest BCUT2D eigenvalue weighted by Crippen LogP contribution is 2.54. The number of imide groups is 2. The smallest absolute Gasteiger partial charge is 0.266 e. The second-order valence-corrected chi connectivity index (χ2v) is 27.2. The predicted molar refractivity (Wildman–Crippen MR) is 389 cm³/mol. The van der Waals surface area contributed by atoms with Crippen LogP contribution in [-0.2, 0) is 70.5 Å². The Balaban J connectivity index is 0.000000179. The van der Waals surface area contributed by atoms with Crippen molar-refractivity contribution in [3.05, 3.63) is 200 Å². The number of aryl methyl sites for hydroxylation is 4. The zero-order valence-electron chi connectivity index (χ0n) is 57.4. The summed E-state index contributed by atoms with van der Waals surface area (Å²) in [5, 5.41) is 0. The molecule has 0 aromatic heterocycles. The molecule has 0 N–H and O–H groups in total. The summed E-state index contributed by atoms with van der Waals surface area (Å²) >= 11 is 0. The van der Waals surface area contributed by atoms with Crippen molar-refractivity contribution in [2.24, 2.45) is 0 Å². The van der Waals surface area contributed by atoms with Crippen LogP contribution in [0.15, 0.2) is 133 Å². The van der Waals surface area contributed by atoms with E-state index in [-0.39, 0.29) is 35.2 Å². The first-order valence-electron chi connectivity index (χ1n) is 36.1. The van der Waals surface area contributed by atoms with Crippen LogP contribution in [0.4, 0.5) is 11.4 Å². The molecule has 4 aliphatic carbocycles. The van der Waals surface area contributed by atoms with Crippen molar-refractivity contribution in [2.75, 3.05) is 36.2 Å². The molecule has 0 spiro atoms. The summed E-state index contributed by atoms with van der Waals surface area (Å²) in [5.41, 5.74) is 20.4.